The maximum absolute atomic E-state index is 13.4. The number of carbonyl (C=O) groups excluding carboxylic acids is 1. The fourth-order valence-corrected chi connectivity index (χ4v) is 1.94. The molecule has 1 aromatic heterocycles. The van der Waals surface area contributed by atoms with Crippen molar-refractivity contribution < 1.29 is 9.18 Å². The van der Waals surface area contributed by atoms with Crippen LogP contribution in [0.3, 0.4) is 0 Å². The van der Waals surface area contributed by atoms with Gasteiger partial charge in [0.25, 0.3) is 5.91 Å². The summed E-state index contributed by atoms with van der Waals surface area (Å²) in [7, 11) is 0. The molecule has 2 rings (SSSR count). The molecule has 0 bridgehead atoms. The van der Waals surface area contributed by atoms with Gasteiger partial charge < -0.3 is 11.1 Å². The number of anilines is 2. The number of hydrogen-bond acceptors (Lipinski definition) is 4. The second kappa shape index (κ2) is 4.68. The lowest BCUT2D eigenvalue weighted by Gasteiger charge is -2.06. The Morgan fingerprint density at radius 2 is 2.29 bits per heavy atom. The Kier molecular flexibility index (Phi) is 3.26. The van der Waals surface area contributed by atoms with E-state index in [4.69, 9.17) is 17.3 Å². The number of hydrogen-bond donors (Lipinski definition) is 2. The second-order valence-electron chi connectivity index (χ2n) is 3.12. The third-order valence-corrected chi connectivity index (χ3v) is 2.94. The molecule has 7 heteroatoms. The van der Waals surface area contributed by atoms with E-state index >= 15 is 0 Å². The SMILES string of the molecule is Nc1nc(C(=O)Nc2c(F)cccc2Cl)cs1. The lowest BCUT2D eigenvalue weighted by Crippen LogP contribution is -2.13. The smallest absolute Gasteiger partial charge is 0.275 e. The zero-order valence-electron chi connectivity index (χ0n) is 8.41. The molecule has 0 aliphatic heterocycles. The molecular formula is C10H7ClFN3OS. The van der Waals surface area contributed by atoms with Gasteiger partial charge in [-0.15, -0.1) is 11.3 Å². The summed E-state index contributed by atoms with van der Waals surface area (Å²) in [4.78, 5) is 15.5. The van der Waals surface area contributed by atoms with Crippen LogP contribution in [0.1, 0.15) is 10.5 Å². The van der Waals surface area contributed by atoms with Crippen molar-refractivity contribution in [3.8, 4) is 0 Å². The van der Waals surface area contributed by atoms with E-state index in [0.29, 0.717) is 0 Å². The highest BCUT2D eigenvalue weighted by Crippen LogP contribution is 2.25. The normalized spacial score (nSPS) is 10.2. The van der Waals surface area contributed by atoms with Crippen LogP contribution in [0.5, 0.6) is 0 Å². The number of thiazole rings is 1. The van der Waals surface area contributed by atoms with Crippen LogP contribution in [-0.4, -0.2) is 10.9 Å². The number of nitrogens with zero attached hydrogens (tertiary/aromatic N) is 1. The molecule has 3 N–H and O–H groups in total. The molecule has 1 amide bonds. The van der Waals surface area contributed by atoms with Gasteiger partial charge in [-0.1, -0.05) is 17.7 Å². The molecule has 0 unspecified atom stereocenters. The van der Waals surface area contributed by atoms with Crippen molar-refractivity contribution in [3.63, 3.8) is 0 Å². The van der Waals surface area contributed by atoms with Gasteiger partial charge in [0, 0.05) is 5.38 Å². The number of halogens is 2. The van der Waals surface area contributed by atoms with Gasteiger partial charge in [-0.25, -0.2) is 9.37 Å². The zero-order valence-corrected chi connectivity index (χ0v) is 9.98. The van der Waals surface area contributed by atoms with Crippen LogP contribution in [-0.2, 0) is 0 Å². The molecule has 1 aromatic carbocycles. The average molecular weight is 272 g/mol. The number of para-hydroxylation sites is 1. The van der Waals surface area contributed by atoms with Crippen molar-refractivity contribution in [3.05, 3.63) is 40.1 Å². The molecule has 1 heterocycles. The highest BCUT2D eigenvalue weighted by molar-refractivity contribution is 7.13. The van der Waals surface area contributed by atoms with E-state index in [9.17, 15) is 9.18 Å². The summed E-state index contributed by atoms with van der Waals surface area (Å²) in [6.07, 6.45) is 0. The predicted molar refractivity (Wildman–Crippen MR) is 65.9 cm³/mol. The average Bonchev–Trinajstić information content (AvgIpc) is 2.70. The monoisotopic (exact) mass is 271 g/mol. The number of carbonyl (C=O) groups is 1. The van der Waals surface area contributed by atoms with Gasteiger partial charge in [-0.2, -0.15) is 0 Å². The third kappa shape index (κ3) is 2.54. The number of benzene rings is 1. The first-order valence-electron chi connectivity index (χ1n) is 4.54. The van der Waals surface area contributed by atoms with E-state index < -0.39 is 11.7 Å². The van der Waals surface area contributed by atoms with E-state index in [1.807, 2.05) is 0 Å². The Labute approximate surface area is 105 Å². The molecule has 0 saturated heterocycles. The second-order valence-corrected chi connectivity index (χ2v) is 4.42. The van der Waals surface area contributed by atoms with Crippen LogP contribution >= 0.6 is 22.9 Å². The molecule has 0 aliphatic rings. The summed E-state index contributed by atoms with van der Waals surface area (Å²) in [6.45, 7) is 0. The first-order valence-corrected chi connectivity index (χ1v) is 5.80. The fraction of sp³-hybridized carbons (Fsp3) is 0. The molecule has 0 spiro atoms. The van der Waals surface area contributed by atoms with Crippen LogP contribution in [0.25, 0.3) is 0 Å². The number of amides is 1. The van der Waals surface area contributed by atoms with Gasteiger partial charge in [0.05, 0.1) is 10.7 Å². The number of nitrogen functional groups attached to an aromatic ring is 1. The first-order chi connectivity index (χ1) is 8.08. The van der Waals surface area contributed by atoms with E-state index in [2.05, 4.69) is 10.3 Å². The third-order valence-electron chi connectivity index (χ3n) is 1.96. The van der Waals surface area contributed by atoms with Gasteiger partial charge in [0.1, 0.15) is 11.5 Å². The summed E-state index contributed by atoms with van der Waals surface area (Å²) in [5, 5.41) is 4.24. The summed E-state index contributed by atoms with van der Waals surface area (Å²) >= 11 is 6.90. The highest BCUT2D eigenvalue weighted by Gasteiger charge is 2.14. The maximum Gasteiger partial charge on any atom is 0.275 e. The Balaban J connectivity index is 2.24. The molecular weight excluding hydrogens is 265 g/mol. The molecule has 0 aliphatic carbocycles. The summed E-state index contributed by atoms with van der Waals surface area (Å²) in [6, 6.07) is 4.14. The van der Waals surface area contributed by atoms with Crippen LogP contribution < -0.4 is 11.1 Å². The minimum absolute atomic E-state index is 0.0641. The van der Waals surface area contributed by atoms with Gasteiger partial charge in [0.2, 0.25) is 0 Å². The molecule has 0 radical (unpaired) electrons. The molecule has 17 heavy (non-hydrogen) atoms. The molecule has 0 atom stereocenters. The summed E-state index contributed by atoms with van der Waals surface area (Å²) < 4.78 is 13.4. The first kappa shape index (κ1) is 11.8. The minimum atomic E-state index is -0.603. The molecule has 0 fully saturated rings. The van der Waals surface area contributed by atoms with Crippen LogP contribution in [0.2, 0.25) is 5.02 Å². The predicted octanol–water partition coefficient (Wildman–Crippen LogP) is 2.77. The Hall–Kier alpha value is -1.66. The standard InChI is InChI=1S/C10H7ClFN3OS/c11-5-2-1-3-6(12)8(5)15-9(16)7-4-17-10(13)14-7/h1-4H,(H2,13,14)(H,15,16). The van der Waals surface area contributed by atoms with Crippen molar-refractivity contribution in [1.29, 1.82) is 0 Å². The van der Waals surface area contributed by atoms with Crippen molar-refractivity contribution in [2.45, 2.75) is 0 Å². The van der Waals surface area contributed by atoms with E-state index in [1.165, 1.54) is 23.6 Å². The van der Waals surface area contributed by atoms with Crippen molar-refractivity contribution in [2.75, 3.05) is 11.1 Å². The van der Waals surface area contributed by atoms with E-state index in [0.717, 1.165) is 11.3 Å². The van der Waals surface area contributed by atoms with Crippen LogP contribution in [0.15, 0.2) is 23.6 Å². The van der Waals surface area contributed by atoms with E-state index in [-0.39, 0.29) is 21.5 Å². The van der Waals surface area contributed by atoms with Gasteiger partial charge in [0.15, 0.2) is 5.13 Å². The molecule has 2 aromatic rings. The fourth-order valence-electron chi connectivity index (χ4n) is 1.19. The van der Waals surface area contributed by atoms with Crippen LogP contribution in [0, 0.1) is 5.82 Å². The number of aromatic nitrogens is 1. The molecule has 0 saturated carbocycles. The van der Waals surface area contributed by atoms with Gasteiger partial charge in [-0.05, 0) is 12.1 Å². The van der Waals surface area contributed by atoms with Crippen molar-refractivity contribution in [1.82, 2.24) is 4.98 Å². The largest absolute Gasteiger partial charge is 0.375 e. The van der Waals surface area contributed by atoms with Crippen molar-refractivity contribution in [2.24, 2.45) is 0 Å². The maximum atomic E-state index is 13.4. The summed E-state index contributed by atoms with van der Waals surface area (Å²) in [5.74, 6) is -1.15. The topological polar surface area (TPSA) is 68.0 Å². The van der Waals surface area contributed by atoms with Crippen molar-refractivity contribution >= 4 is 39.7 Å². The quantitative estimate of drug-likeness (QED) is 0.882. The van der Waals surface area contributed by atoms with E-state index in [1.54, 1.807) is 0 Å². The number of nitrogens with one attached hydrogen (secondary N) is 1. The molecule has 4 nitrogen and oxygen atoms in total. The highest BCUT2D eigenvalue weighted by atomic mass is 35.5. The Morgan fingerprint density at radius 3 is 2.88 bits per heavy atom. The Bertz CT molecular complexity index is 552. The minimum Gasteiger partial charge on any atom is -0.375 e. The molecule has 88 valence electrons. The Morgan fingerprint density at radius 1 is 1.53 bits per heavy atom. The summed E-state index contributed by atoms with van der Waals surface area (Å²) in [5.41, 5.74) is 5.46. The zero-order chi connectivity index (χ0) is 12.4. The van der Waals surface area contributed by atoms with Crippen LogP contribution in [0.4, 0.5) is 15.2 Å². The lowest BCUT2D eigenvalue weighted by atomic mass is 10.3. The number of nitrogens with two attached hydrogens (primary N) is 1. The van der Waals surface area contributed by atoms with Gasteiger partial charge >= 0.3 is 0 Å². The number of rotatable bonds is 2. The lowest BCUT2D eigenvalue weighted by molar-refractivity contribution is 0.102. The van der Waals surface area contributed by atoms with Gasteiger partial charge in [-0.3, -0.25) is 4.79 Å².